The Labute approximate surface area is 211 Å². The van der Waals surface area contributed by atoms with Crippen LogP contribution in [0.4, 0.5) is 0 Å². The molecular weight excluding hydrogens is 440 g/mol. The van der Waals surface area contributed by atoms with Crippen molar-refractivity contribution in [2.75, 3.05) is 0 Å². The van der Waals surface area contributed by atoms with Crippen molar-refractivity contribution in [1.82, 2.24) is 0 Å². The van der Waals surface area contributed by atoms with Gasteiger partial charge in [0.25, 0.3) is 0 Å². The molecule has 36 heavy (non-hydrogen) atoms. The van der Waals surface area contributed by atoms with E-state index in [9.17, 15) is 9.90 Å². The summed E-state index contributed by atoms with van der Waals surface area (Å²) in [4.78, 5) is 12.6. The average molecular weight is 467 g/mol. The van der Waals surface area contributed by atoms with Crippen molar-refractivity contribution in [3.05, 3.63) is 154 Å². The first-order valence-electron chi connectivity index (χ1n) is 12.3. The number of hydrogen-bond acceptors (Lipinski definition) is 1. The third kappa shape index (κ3) is 4.12. The van der Waals surface area contributed by atoms with Gasteiger partial charge in [0.1, 0.15) is 0 Å². The molecule has 0 spiro atoms. The fraction of sp³-hybridized carbons (Fsp3) is 0.0882. The largest absolute Gasteiger partial charge is 0.478 e. The Morgan fingerprint density at radius 3 is 1.75 bits per heavy atom. The molecule has 0 saturated carbocycles. The first kappa shape index (κ1) is 22.1. The molecule has 5 aromatic rings. The third-order valence-electron chi connectivity index (χ3n) is 7.15. The van der Waals surface area contributed by atoms with E-state index in [2.05, 4.69) is 78.9 Å². The molecule has 0 radical (unpaired) electrons. The summed E-state index contributed by atoms with van der Waals surface area (Å²) in [5.74, 6) is -0.871. The van der Waals surface area contributed by atoms with Gasteiger partial charge in [0, 0.05) is 0 Å². The van der Waals surface area contributed by atoms with Crippen molar-refractivity contribution in [3.63, 3.8) is 0 Å². The minimum Gasteiger partial charge on any atom is -0.478 e. The molecule has 0 saturated heterocycles. The standard InChI is InChI=1S/C34H26O2/c35-34(36)33-27(18-23-10-3-1-4-11-23)20-26(21-28(33)19-24-12-5-2-6-13-24)30-16-9-17-31-29-15-8-7-14-25(29)22-32(30)31/h1-17,20-21H,18-19,22H2,(H,35,36). The van der Waals surface area contributed by atoms with Crippen molar-refractivity contribution in [3.8, 4) is 22.3 Å². The Hall–Kier alpha value is -4.43. The van der Waals surface area contributed by atoms with Gasteiger partial charge in [-0.05, 0) is 87.0 Å². The van der Waals surface area contributed by atoms with Gasteiger partial charge in [0.15, 0.2) is 0 Å². The van der Waals surface area contributed by atoms with Crippen LogP contribution in [0.15, 0.2) is 115 Å². The average Bonchev–Trinajstić information content (AvgIpc) is 3.28. The summed E-state index contributed by atoms with van der Waals surface area (Å²) in [7, 11) is 0. The Kier molecular flexibility index (Phi) is 5.71. The quantitative estimate of drug-likeness (QED) is 0.272. The summed E-state index contributed by atoms with van der Waals surface area (Å²) in [6, 6.07) is 39.5. The number of carbonyl (C=O) groups is 1. The molecule has 0 aromatic heterocycles. The zero-order valence-corrected chi connectivity index (χ0v) is 19.9. The second-order valence-corrected chi connectivity index (χ2v) is 9.47. The number of hydrogen-bond donors (Lipinski definition) is 1. The number of aromatic carboxylic acids is 1. The topological polar surface area (TPSA) is 37.3 Å². The fourth-order valence-electron chi connectivity index (χ4n) is 5.54. The van der Waals surface area contributed by atoms with Crippen molar-refractivity contribution in [1.29, 1.82) is 0 Å². The van der Waals surface area contributed by atoms with Gasteiger partial charge in [0.05, 0.1) is 5.56 Å². The van der Waals surface area contributed by atoms with E-state index in [4.69, 9.17) is 0 Å². The van der Waals surface area contributed by atoms with Crippen LogP contribution in [0.3, 0.4) is 0 Å². The zero-order valence-electron chi connectivity index (χ0n) is 19.9. The molecule has 0 aliphatic heterocycles. The minimum absolute atomic E-state index is 0.419. The van der Waals surface area contributed by atoms with Gasteiger partial charge in [-0.3, -0.25) is 0 Å². The summed E-state index contributed by atoms with van der Waals surface area (Å²) < 4.78 is 0. The molecule has 5 aromatic carbocycles. The number of fused-ring (bicyclic) bond motifs is 3. The minimum atomic E-state index is -0.871. The third-order valence-corrected chi connectivity index (χ3v) is 7.15. The molecule has 0 amide bonds. The summed E-state index contributed by atoms with van der Waals surface area (Å²) in [6.07, 6.45) is 2.05. The molecule has 0 atom stereocenters. The molecule has 174 valence electrons. The first-order chi connectivity index (χ1) is 17.7. The summed E-state index contributed by atoms with van der Waals surface area (Å²) in [5.41, 5.74) is 11.8. The molecule has 0 bridgehead atoms. The second-order valence-electron chi connectivity index (χ2n) is 9.47. The van der Waals surface area contributed by atoms with Crippen LogP contribution in [-0.4, -0.2) is 11.1 Å². The molecule has 2 nitrogen and oxygen atoms in total. The Bertz CT molecular complexity index is 1500. The Morgan fingerprint density at radius 1 is 0.611 bits per heavy atom. The lowest BCUT2D eigenvalue weighted by atomic mass is 9.87. The predicted molar refractivity (Wildman–Crippen MR) is 146 cm³/mol. The lowest BCUT2D eigenvalue weighted by Crippen LogP contribution is -2.09. The van der Waals surface area contributed by atoms with Crippen molar-refractivity contribution in [2.45, 2.75) is 19.3 Å². The molecule has 0 unspecified atom stereocenters. The molecule has 1 N–H and O–H groups in total. The monoisotopic (exact) mass is 466 g/mol. The van der Waals surface area contributed by atoms with E-state index < -0.39 is 5.97 Å². The van der Waals surface area contributed by atoms with Gasteiger partial charge in [0.2, 0.25) is 0 Å². The van der Waals surface area contributed by atoms with Crippen LogP contribution in [-0.2, 0) is 19.3 Å². The van der Waals surface area contributed by atoms with Crippen molar-refractivity contribution >= 4 is 5.97 Å². The highest BCUT2D eigenvalue weighted by atomic mass is 16.4. The van der Waals surface area contributed by atoms with E-state index in [0.717, 1.165) is 34.2 Å². The summed E-state index contributed by atoms with van der Waals surface area (Å²) in [5, 5.41) is 10.3. The van der Waals surface area contributed by atoms with Gasteiger partial charge >= 0.3 is 5.97 Å². The van der Waals surface area contributed by atoms with Crippen molar-refractivity contribution in [2.24, 2.45) is 0 Å². The maximum atomic E-state index is 12.6. The zero-order chi connectivity index (χ0) is 24.5. The van der Waals surface area contributed by atoms with Gasteiger partial charge in [-0.25, -0.2) is 4.79 Å². The number of rotatable bonds is 6. The van der Waals surface area contributed by atoms with E-state index in [1.807, 2.05) is 36.4 Å². The molecule has 0 heterocycles. The van der Waals surface area contributed by atoms with Crippen molar-refractivity contribution < 1.29 is 9.90 Å². The first-order valence-corrected chi connectivity index (χ1v) is 12.3. The second kappa shape index (κ2) is 9.31. The van der Waals surface area contributed by atoms with Gasteiger partial charge in [-0.1, -0.05) is 103 Å². The lowest BCUT2D eigenvalue weighted by Gasteiger charge is -2.17. The smallest absolute Gasteiger partial charge is 0.336 e. The summed E-state index contributed by atoms with van der Waals surface area (Å²) >= 11 is 0. The maximum Gasteiger partial charge on any atom is 0.336 e. The van der Waals surface area contributed by atoms with Crippen LogP contribution in [0.1, 0.15) is 43.7 Å². The predicted octanol–water partition coefficient (Wildman–Crippen LogP) is 7.80. The van der Waals surface area contributed by atoms with E-state index >= 15 is 0 Å². The van der Waals surface area contributed by atoms with Gasteiger partial charge < -0.3 is 5.11 Å². The van der Waals surface area contributed by atoms with Gasteiger partial charge in [-0.15, -0.1) is 0 Å². The number of carboxylic acids is 1. The van der Waals surface area contributed by atoms with Crippen LogP contribution in [0.5, 0.6) is 0 Å². The molecule has 6 rings (SSSR count). The van der Waals surface area contributed by atoms with Gasteiger partial charge in [-0.2, -0.15) is 0 Å². The Balaban J connectivity index is 1.54. The van der Waals surface area contributed by atoms with Crippen LogP contribution in [0.25, 0.3) is 22.3 Å². The number of carboxylic acid groups (broad SMARTS) is 1. The van der Waals surface area contributed by atoms with Crippen LogP contribution >= 0.6 is 0 Å². The fourth-order valence-corrected chi connectivity index (χ4v) is 5.54. The highest BCUT2D eigenvalue weighted by Gasteiger charge is 2.23. The summed E-state index contributed by atoms with van der Waals surface area (Å²) in [6.45, 7) is 0. The Morgan fingerprint density at radius 2 is 1.14 bits per heavy atom. The SMILES string of the molecule is O=C(O)c1c(Cc2ccccc2)cc(-c2cccc3c2Cc2ccccc2-3)cc1Cc1ccccc1. The van der Waals surface area contributed by atoms with Crippen LogP contribution in [0, 0.1) is 0 Å². The molecule has 0 fully saturated rings. The van der Waals surface area contributed by atoms with E-state index in [0.29, 0.717) is 18.4 Å². The maximum absolute atomic E-state index is 12.6. The molecular formula is C34H26O2. The highest BCUT2D eigenvalue weighted by molar-refractivity contribution is 5.93. The van der Waals surface area contributed by atoms with E-state index in [-0.39, 0.29) is 0 Å². The molecule has 1 aliphatic rings. The van der Waals surface area contributed by atoms with E-state index in [1.54, 1.807) is 0 Å². The van der Waals surface area contributed by atoms with Crippen LogP contribution in [0.2, 0.25) is 0 Å². The molecule has 2 heteroatoms. The van der Waals surface area contributed by atoms with E-state index in [1.165, 1.54) is 27.8 Å². The van der Waals surface area contributed by atoms with Crippen LogP contribution < -0.4 is 0 Å². The number of benzene rings is 5. The highest BCUT2D eigenvalue weighted by Crippen LogP contribution is 2.42. The molecule has 1 aliphatic carbocycles. The normalized spacial score (nSPS) is 11.7. The lowest BCUT2D eigenvalue weighted by molar-refractivity contribution is 0.0695.